The molecule has 0 spiro atoms. The van der Waals surface area contributed by atoms with Gasteiger partial charge in [-0.25, -0.2) is 9.48 Å². The number of hydrogen-bond acceptors (Lipinski definition) is 6. The van der Waals surface area contributed by atoms with Crippen LogP contribution in [0.1, 0.15) is 41.2 Å². The van der Waals surface area contributed by atoms with E-state index >= 15 is 0 Å². The molecule has 7 heteroatoms. The summed E-state index contributed by atoms with van der Waals surface area (Å²) < 4.78 is 18.1. The second-order valence-corrected chi connectivity index (χ2v) is 6.67. The van der Waals surface area contributed by atoms with Crippen molar-refractivity contribution in [2.75, 3.05) is 20.3 Å². The van der Waals surface area contributed by atoms with Crippen molar-refractivity contribution < 1.29 is 24.1 Å². The highest BCUT2D eigenvalue weighted by Crippen LogP contribution is 2.35. The van der Waals surface area contributed by atoms with Gasteiger partial charge in [0.1, 0.15) is 12.8 Å². The first kappa shape index (κ1) is 19.5. The van der Waals surface area contributed by atoms with Crippen LogP contribution < -0.4 is 0 Å². The number of aromatic nitrogens is 2. The van der Waals surface area contributed by atoms with Gasteiger partial charge >= 0.3 is 5.97 Å². The molecular formula is C20H26N2O5. The summed E-state index contributed by atoms with van der Waals surface area (Å²) in [5.41, 5.74) is 1.43. The van der Waals surface area contributed by atoms with Gasteiger partial charge in [-0.05, 0) is 37.5 Å². The summed E-state index contributed by atoms with van der Waals surface area (Å²) in [5.74, 6) is -0.473. The Balaban J connectivity index is 1.71. The van der Waals surface area contributed by atoms with E-state index in [9.17, 15) is 9.90 Å². The van der Waals surface area contributed by atoms with Gasteiger partial charge in [0.2, 0.25) is 0 Å². The minimum atomic E-state index is -0.417. The molecule has 7 nitrogen and oxygen atoms in total. The van der Waals surface area contributed by atoms with Gasteiger partial charge in [0.15, 0.2) is 0 Å². The second-order valence-electron chi connectivity index (χ2n) is 6.67. The second kappa shape index (κ2) is 9.64. The van der Waals surface area contributed by atoms with E-state index in [0.717, 1.165) is 5.69 Å². The van der Waals surface area contributed by atoms with E-state index in [2.05, 4.69) is 5.10 Å². The molecule has 1 N–H and O–H groups in total. The van der Waals surface area contributed by atoms with E-state index in [-0.39, 0.29) is 24.7 Å². The number of nitrogens with zero attached hydrogens (tertiary/aromatic N) is 2. The van der Waals surface area contributed by atoms with Crippen LogP contribution in [0, 0.1) is 0 Å². The van der Waals surface area contributed by atoms with Gasteiger partial charge in [-0.3, -0.25) is 0 Å². The molecular weight excluding hydrogens is 348 g/mol. The van der Waals surface area contributed by atoms with E-state index in [1.54, 1.807) is 30.1 Å². The largest absolute Gasteiger partial charge is 0.458 e. The number of rotatable bonds is 8. The van der Waals surface area contributed by atoms with Gasteiger partial charge in [0.25, 0.3) is 0 Å². The Bertz CT molecular complexity index is 718. The maximum Gasteiger partial charge on any atom is 0.338 e. The molecule has 1 fully saturated rings. The average Bonchev–Trinajstić information content (AvgIpc) is 3.15. The van der Waals surface area contributed by atoms with Crippen LogP contribution in [0.2, 0.25) is 0 Å². The molecule has 1 aliphatic rings. The highest BCUT2D eigenvalue weighted by molar-refractivity contribution is 5.89. The van der Waals surface area contributed by atoms with Gasteiger partial charge in [0.05, 0.1) is 24.9 Å². The number of methoxy groups -OCH3 is 1. The van der Waals surface area contributed by atoms with Crippen LogP contribution in [0.5, 0.6) is 0 Å². The molecule has 3 atom stereocenters. The van der Waals surface area contributed by atoms with Crippen LogP contribution in [0.15, 0.2) is 42.6 Å². The number of carbonyl (C=O) groups is 1. The summed E-state index contributed by atoms with van der Waals surface area (Å²) in [5, 5.41) is 14.5. The topological polar surface area (TPSA) is 82.8 Å². The third-order valence-electron chi connectivity index (χ3n) is 4.80. The molecule has 2 aromatic rings. The van der Waals surface area contributed by atoms with Gasteiger partial charge in [-0.1, -0.05) is 18.2 Å². The molecule has 0 radical (unpaired) electrons. The number of ether oxygens (including phenoxy) is 3. The quantitative estimate of drug-likeness (QED) is 0.564. The Kier molecular flexibility index (Phi) is 6.98. The molecule has 0 saturated heterocycles. The van der Waals surface area contributed by atoms with Gasteiger partial charge in [-0.2, -0.15) is 5.10 Å². The fraction of sp³-hybridized carbons (Fsp3) is 0.500. The summed E-state index contributed by atoms with van der Waals surface area (Å²) in [7, 11) is 1.62. The Labute approximate surface area is 158 Å². The lowest BCUT2D eigenvalue weighted by Crippen LogP contribution is -2.35. The summed E-state index contributed by atoms with van der Waals surface area (Å²) in [6.07, 6.45) is 2.72. The number of benzene rings is 1. The summed E-state index contributed by atoms with van der Waals surface area (Å²) in [6.45, 7) is 1.27. The van der Waals surface area contributed by atoms with Crippen molar-refractivity contribution in [3.8, 4) is 0 Å². The first-order valence-corrected chi connectivity index (χ1v) is 9.21. The molecule has 27 heavy (non-hydrogen) atoms. The fourth-order valence-electron chi connectivity index (χ4n) is 3.41. The molecule has 1 aromatic carbocycles. The first-order chi connectivity index (χ1) is 13.2. The lowest BCUT2D eigenvalue weighted by Gasteiger charge is -2.34. The lowest BCUT2D eigenvalue weighted by atomic mass is 9.82. The Hall–Kier alpha value is -2.22. The summed E-state index contributed by atoms with van der Waals surface area (Å²) in [6, 6.07) is 10.9. The van der Waals surface area contributed by atoms with Gasteiger partial charge in [0, 0.05) is 24.9 Å². The number of aliphatic hydroxyl groups excluding tert-OH is 1. The Morgan fingerprint density at radius 2 is 2.04 bits per heavy atom. The normalized spacial score (nSPS) is 22.5. The summed E-state index contributed by atoms with van der Waals surface area (Å²) in [4.78, 5) is 12.5. The first-order valence-electron chi connectivity index (χ1n) is 9.21. The van der Waals surface area contributed by atoms with Crippen LogP contribution in [0.3, 0.4) is 0 Å². The minimum Gasteiger partial charge on any atom is -0.458 e. The molecule has 146 valence electrons. The Morgan fingerprint density at radius 3 is 2.81 bits per heavy atom. The molecule has 1 saturated carbocycles. The third-order valence-corrected chi connectivity index (χ3v) is 4.80. The molecule has 1 aliphatic carbocycles. The van der Waals surface area contributed by atoms with Crippen LogP contribution in [0.25, 0.3) is 0 Å². The van der Waals surface area contributed by atoms with E-state index in [4.69, 9.17) is 14.2 Å². The standard InChI is InChI=1S/C20H26N2O5/c1-25-11-12-26-14-22-18(9-10-21-22)17-13-16(23)7-8-19(17)27-20(24)15-5-3-2-4-6-15/h2-6,9-10,16-17,19,23H,7-8,11-14H2,1H3/t16-,17+,19-/m0/s1. The predicted octanol–water partition coefficient (Wildman–Crippen LogP) is 2.36. The monoisotopic (exact) mass is 374 g/mol. The van der Waals surface area contributed by atoms with Gasteiger partial charge < -0.3 is 19.3 Å². The zero-order valence-electron chi connectivity index (χ0n) is 15.5. The molecule has 0 aliphatic heterocycles. The van der Waals surface area contributed by atoms with Crippen molar-refractivity contribution in [2.24, 2.45) is 0 Å². The minimum absolute atomic E-state index is 0.130. The summed E-state index contributed by atoms with van der Waals surface area (Å²) >= 11 is 0. The molecule has 3 rings (SSSR count). The van der Waals surface area contributed by atoms with Gasteiger partial charge in [-0.15, -0.1) is 0 Å². The smallest absolute Gasteiger partial charge is 0.338 e. The van der Waals surface area contributed by atoms with Crippen molar-refractivity contribution in [1.29, 1.82) is 0 Å². The molecule has 0 unspecified atom stereocenters. The highest BCUT2D eigenvalue weighted by atomic mass is 16.5. The van der Waals surface area contributed by atoms with Crippen molar-refractivity contribution in [1.82, 2.24) is 9.78 Å². The van der Waals surface area contributed by atoms with Crippen molar-refractivity contribution in [3.05, 3.63) is 53.9 Å². The molecule has 1 aromatic heterocycles. The molecule has 1 heterocycles. The van der Waals surface area contributed by atoms with Crippen molar-refractivity contribution in [3.63, 3.8) is 0 Å². The lowest BCUT2D eigenvalue weighted by molar-refractivity contribution is -0.0105. The fourth-order valence-corrected chi connectivity index (χ4v) is 3.41. The molecule has 0 amide bonds. The SMILES string of the molecule is COCCOCn1nccc1[C@H]1C[C@@H](O)CC[C@@H]1OC(=O)c1ccccc1. The zero-order chi connectivity index (χ0) is 19.1. The predicted molar refractivity (Wildman–Crippen MR) is 98.3 cm³/mol. The third kappa shape index (κ3) is 5.15. The van der Waals surface area contributed by atoms with E-state index in [1.807, 2.05) is 24.3 Å². The van der Waals surface area contributed by atoms with Crippen LogP contribution >= 0.6 is 0 Å². The molecule has 0 bridgehead atoms. The maximum absolute atomic E-state index is 12.5. The van der Waals surface area contributed by atoms with E-state index < -0.39 is 6.10 Å². The van der Waals surface area contributed by atoms with Crippen molar-refractivity contribution >= 4 is 5.97 Å². The van der Waals surface area contributed by atoms with Crippen molar-refractivity contribution in [2.45, 2.75) is 44.1 Å². The van der Waals surface area contributed by atoms with E-state index in [0.29, 0.717) is 38.0 Å². The number of carbonyl (C=O) groups excluding carboxylic acids is 1. The highest BCUT2D eigenvalue weighted by Gasteiger charge is 2.35. The zero-order valence-corrected chi connectivity index (χ0v) is 15.5. The van der Waals surface area contributed by atoms with Crippen LogP contribution in [0.4, 0.5) is 0 Å². The maximum atomic E-state index is 12.5. The number of hydrogen-bond donors (Lipinski definition) is 1. The number of esters is 1. The average molecular weight is 374 g/mol. The number of aliphatic hydroxyl groups is 1. The van der Waals surface area contributed by atoms with Crippen LogP contribution in [-0.2, 0) is 20.9 Å². The Morgan fingerprint density at radius 1 is 1.22 bits per heavy atom. The van der Waals surface area contributed by atoms with E-state index in [1.165, 1.54) is 0 Å². The van der Waals surface area contributed by atoms with Crippen LogP contribution in [-0.4, -0.2) is 53.4 Å².